The molecular weight excluding hydrogens is 642 g/mol. The summed E-state index contributed by atoms with van der Waals surface area (Å²) in [5.41, 5.74) is 8.10. The second-order valence-corrected chi connectivity index (χ2v) is 16.4. The van der Waals surface area contributed by atoms with Crippen LogP contribution in [0.4, 0.5) is 4.79 Å². The van der Waals surface area contributed by atoms with Crippen LogP contribution in [0.3, 0.4) is 0 Å². The Labute approximate surface area is 296 Å². The third-order valence-electron chi connectivity index (χ3n) is 11.4. The molecule has 3 unspecified atom stereocenters. The summed E-state index contributed by atoms with van der Waals surface area (Å²) in [5, 5.41) is 17.7. The van der Waals surface area contributed by atoms with Gasteiger partial charge in [-0.25, -0.2) is 20.4 Å². The van der Waals surface area contributed by atoms with Gasteiger partial charge >= 0.3 is 12.1 Å². The lowest BCUT2D eigenvalue weighted by Gasteiger charge is -2.35. The molecule has 0 aromatic carbocycles. The molecular formula is C36H59N7O7. The van der Waals surface area contributed by atoms with E-state index < -0.39 is 41.2 Å². The molecule has 280 valence electrons. The lowest BCUT2D eigenvalue weighted by molar-refractivity contribution is -0.145. The minimum Gasteiger partial charge on any atom is -0.479 e. The van der Waals surface area contributed by atoms with E-state index in [2.05, 4.69) is 27.0 Å². The summed E-state index contributed by atoms with van der Waals surface area (Å²) < 4.78 is 12.1. The van der Waals surface area contributed by atoms with E-state index in [0.717, 1.165) is 57.8 Å². The second-order valence-electron chi connectivity index (χ2n) is 16.4. The minimum atomic E-state index is -1.39. The van der Waals surface area contributed by atoms with E-state index in [1.165, 1.54) is 24.2 Å². The molecule has 0 aromatic heterocycles. The maximum Gasteiger partial charge on any atom is 0.408 e. The molecule has 14 heteroatoms. The number of hydrogen-bond acceptors (Lipinski definition) is 10. The summed E-state index contributed by atoms with van der Waals surface area (Å²) in [6.07, 6.45) is 18.3. The van der Waals surface area contributed by atoms with Crippen LogP contribution in [0.25, 0.3) is 0 Å². The quantitative estimate of drug-likeness (QED) is 0.224. The molecule has 6 rings (SSSR count). The van der Waals surface area contributed by atoms with Crippen LogP contribution in [0.2, 0.25) is 0 Å². The number of nitrogens with one attached hydrogen (secondary N) is 5. The molecule has 0 aromatic rings. The zero-order valence-corrected chi connectivity index (χ0v) is 30.1. The molecule has 3 aliphatic carbocycles. The third kappa shape index (κ3) is 8.98. The molecule has 14 nitrogen and oxygen atoms in total. The Kier molecular flexibility index (Phi) is 11.7. The Morgan fingerprint density at radius 1 is 0.960 bits per heavy atom. The van der Waals surface area contributed by atoms with E-state index in [1.807, 2.05) is 17.3 Å². The number of nitrogens with zero attached hydrogens (tertiary/aromatic N) is 2. The number of carbonyl (C=O) groups excluding carboxylic acids is 3. The van der Waals surface area contributed by atoms with Crippen molar-refractivity contribution >= 4 is 23.9 Å². The van der Waals surface area contributed by atoms with Gasteiger partial charge in [-0.2, -0.15) is 10.7 Å². The molecule has 0 bridgehead atoms. The fourth-order valence-electron chi connectivity index (χ4n) is 8.57. The monoisotopic (exact) mass is 701 g/mol. The van der Waals surface area contributed by atoms with Gasteiger partial charge in [0.15, 0.2) is 0 Å². The number of aliphatic carboxylic acids is 1. The first-order valence-corrected chi connectivity index (χ1v) is 19.2. The van der Waals surface area contributed by atoms with E-state index in [-0.39, 0.29) is 43.1 Å². The van der Waals surface area contributed by atoms with Crippen LogP contribution in [-0.4, -0.2) is 93.2 Å². The fourth-order valence-corrected chi connectivity index (χ4v) is 8.57. The van der Waals surface area contributed by atoms with Gasteiger partial charge in [-0.1, -0.05) is 50.7 Å². The van der Waals surface area contributed by atoms with Crippen LogP contribution < -0.4 is 27.0 Å². The Hall–Kier alpha value is -2.78. The van der Waals surface area contributed by atoms with Crippen LogP contribution in [0.1, 0.15) is 124 Å². The number of ether oxygens (including phenoxy) is 2. The molecule has 6 N–H and O–H groups in total. The zero-order chi connectivity index (χ0) is 35.5. The molecule has 3 amide bonds. The first-order valence-electron chi connectivity index (χ1n) is 19.2. The van der Waals surface area contributed by atoms with E-state index in [0.29, 0.717) is 31.3 Å². The molecule has 3 saturated carbocycles. The highest BCUT2D eigenvalue weighted by Gasteiger charge is 2.61. The number of carboxylic acids is 1. The minimum absolute atomic E-state index is 0.0498. The van der Waals surface area contributed by atoms with Crippen molar-refractivity contribution in [1.82, 2.24) is 37.0 Å². The molecule has 5 fully saturated rings. The largest absolute Gasteiger partial charge is 0.479 e. The average molecular weight is 702 g/mol. The van der Waals surface area contributed by atoms with Crippen LogP contribution in [0.15, 0.2) is 12.2 Å². The number of rotatable bonds is 6. The highest BCUT2D eigenvalue weighted by Crippen LogP contribution is 2.45. The normalized spacial score (nSPS) is 37.1. The number of alkyl carbamates (subject to hydrolysis) is 1. The predicted molar refractivity (Wildman–Crippen MR) is 185 cm³/mol. The van der Waals surface area contributed by atoms with Crippen molar-refractivity contribution in [3.8, 4) is 0 Å². The maximum atomic E-state index is 14.3. The van der Waals surface area contributed by atoms with Crippen LogP contribution in [-0.2, 0) is 23.9 Å². The van der Waals surface area contributed by atoms with Gasteiger partial charge in [-0.15, -0.1) is 0 Å². The van der Waals surface area contributed by atoms with Crippen LogP contribution >= 0.6 is 0 Å². The maximum absolute atomic E-state index is 14.3. The van der Waals surface area contributed by atoms with Gasteiger partial charge in [0, 0.05) is 12.5 Å². The summed E-state index contributed by atoms with van der Waals surface area (Å²) in [5.74, 6) is -1.91. The Bertz CT molecular complexity index is 1270. The molecule has 3 heterocycles. The van der Waals surface area contributed by atoms with Crippen LogP contribution in [0.5, 0.6) is 0 Å². The van der Waals surface area contributed by atoms with Gasteiger partial charge in [0.2, 0.25) is 11.8 Å². The fraction of sp³-hybridized carbons (Fsp3) is 0.833. The summed E-state index contributed by atoms with van der Waals surface area (Å²) >= 11 is 0. The number of hydrogen-bond donors (Lipinski definition) is 6. The van der Waals surface area contributed by atoms with E-state index >= 15 is 0 Å². The first kappa shape index (κ1) is 37.0. The molecule has 6 aliphatic rings. The SMILES string of the molecule is CC(C)(C)OC(=O)N[C@H]1CCCCC/C=C\[C@@H]2C[C@@]2(C(=O)O)NC(=O)[C@@H]2C[C@@H](N3NNC(C4CCCC(OC5CCCCC5)C4)N3)CN2C1=O. The predicted octanol–water partition coefficient (Wildman–Crippen LogP) is 3.39. The van der Waals surface area contributed by atoms with Crippen molar-refractivity contribution in [2.45, 2.75) is 171 Å². The molecule has 0 spiro atoms. The van der Waals surface area contributed by atoms with Crippen LogP contribution in [0, 0.1) is 11.8 Å². The molecule has 3 aliphatic heterocycles. The van der Waals surface area contributed by atoms with Gasteiger partial charge in [0.1, 0.15) is 23.2 Å². The van der Waals surface area contributed by atoms with Crippen molar-refractivity contribution in [1.29, 1.82) is 0 Å². The highest BCUT2D eigenvalue weighted by atomic mass is 16.6. The van der Waals surface area contributed by atoms with Crippen molar-refractivity contribution in [2.75, 3.05) is 6.54 Å². The van der Waals surface area contributed by atoms with E-state index in [1.54, 1.807) is 20.8 Å². The number of allylic oxidation sites excluding steroid dienone is 1. The second kappa shape index (κ2) is 15.9. The average Bonchev–Trinajstić information content (AvgIpc) is 3.37. The standard InChI is InChI=1S/C36H59N7O7/c1-35(2,3)50-34(48)37-28-18-11-6-4-5-8-14-24-21-36(24,33(46)47)38-31(44)29-20-25(22-42(29)32(28)45)43-40-30(39-41-43)23-13-12-17-27(19-23)49-26-15-9-7-10-16-26/h8,14,23-30,39-41H,4-7,9-13,15-22H2,1-3H3,(H,37,48)(H,38,44)(H,46,47)/b14-8-/t23?,24-,25-,27?,28+,29+,30?,36-/m1/s1. The summed E-state index contributed by atoms with van der Waals surface area (Å²) in [6, 6.07) is -2.12. The Morgan fingerprint density at radius 2 is 1.70 bits per heavy atom. The zero-order valence-electron chi connectivity index (χ0n) is 30.1. The summed E-state index contributed by atoms with van der Waals surface area (Å²) in [7, 11) is 0. The van der Waals surface area contributed by atoms with Crippen molar-refractivity contribution in [3.05, 3.63) is 12.2 Å². The number of fused-ring (bicyclic) bond motifs is 2. The first-order chi connectivity index (χ1) is 23.9. The van der Waals surface area contributed by atoms with Crippen molar-refractivity contribution in [2.24, 2.45) is 11.8 Å². The summed E-state index contributed by atoms with van der Waals surface area (Å²) in [6.45, 7) is 5.50. The number of hydrazine groups is 3. The molecule has 8 atom stereocenters. The lowest BCUT2D eigenvalue weighted by Crippen LogP contribution is -2.56. The lowest BCUT2D eigenvalue weighted by atomic mass is 9.85. The van der Waals surface area contributed by atoms with Crippen molar-refractivity contribution < 1.29 is 33.8 Å². The smallest absolute Gasteiger partial charge is 0.408 e. The molecule has 50 heavy (non-hydrogen) atoms. The van der Waals surface area contributed by atoms with E-state index in [4.69, 9.17) is 9.47 Å². The Balaban J connectivity index is 1.16. The molecule has 0 radical (unpaired) electrons. The third-order valence-corrected chi connectivity index (χ3v) is 11.4. The summed E-state index contributed by atoms with van der Waals surface area (Å²) in [4.78, 5) is 55.3. The highest BCUT2D eigenvalue weighted by molar-refractivity contribution is 5.96. The van der Waals surface area contributed by atoms with Gasteiger partial charge < -0.3 is 30.1 Å². The van der Waals surface area contributed by atoms with E-state index in [9.17, 15) is 24.3 Å². The topological polar surface area (TPSA) is 174 Å². The van der Waals surface area contributed by atoms with Crippen molar-refractivity contribution in [3.63, 3.8) is 0 Å². The number of carboxylic acid groups (broad SMARTS) is 1. The Morgan fingerprint density at radius 3 is 2.46 bits per heavy atom. The van der Waals surface area contributed by atoms with Gasteiger partial charge in [0.25, 0.3) is 0 Å². The van der Waals surface area contributed by atoms with Gasteiger partial charge in [-0.05, 0) is 90.9 Å². The molecule has 2 saturated heterocycles. The number of amides is 3. The van der Waals surface area contributed by atoms with Gasteiger partial charge in [-0.3, -0.25) is 9.59 Å². The van der Waals surface area contributed by atoms with Gasteiger partial charge in [0.05, 0.1) is 24.4 Å². The number of carbonyl (C=O) groups is 4.